The summed E-state index contributed by atoms with van der Waals surface area (Å²) in [5.74, 6) is -1.02. The molecule has 0 unspecified atom stereocenters. The van der Waals surface area contributed by atoms with E-state index in [4.69, 9.17) is 16.3 Å². The molecule has 3 heterocycles. The fraction of sp³-hybridized carbons (Fsp3) is 0.633. The van der Waals surface area contributed by atoms with Crippen LogP contribution in [0.1, 0.15) is 65.2 Å². The van der Waals surface area contributed by atoms with Gasteiger partial charge in [-0.25, -0.2) is 0 Å². The number of carbonyl (C=O) groups excluding carboxylic acids is 3. The van der Waals surface area contributed by atoms with Gasteiger partial charge in [-0.1, -0.05) is 69.7 Å². The first-order valence-electron chi connectivity index (χ1n) is 14.4. The molecule has 1 spiro atoms. The molecule has 1 aromatic rings. The molecule has 3 aliphatic heterocycles. The van der Waals surface area contributed by atoms with Gasteiger partial charge in [0.2, 0.25) is 17.7 Å². The summed E-state index contributed by atoms with van der Waals surface area (Å²) < 4.78 is 6.52. The summed E-state index contributed by atoms with van der Waals surface area (Å²) in [5.41, 5.74) is -0.501. The average Bonchev–Trinajstić information content (AvgIpc) is 3.56. The number of likely N-dealkylation sites (tertiary alicyclic amines) is 1. The number of anilines is 1. The maximum absolute atomic E-state index is 14.2. The largest absolute Gasteiger partial charge is 0.359 e. The summed E-state index contributed by atoms with van der Waals surface area (Å²) in [7, 11) is 0. The first kappa shape index (κ1) is 25.9. The monoisotopic (exact) mass is 539 g/mol. The van der Waals surface area contributed by atoms with Crippen molar-refractivity contribution in [3.05, 3.63) is 41.4 Å². The molecule has 0 radical (unpaired) electrons. The molecule has 8 heteroatoms. The Balaban J connectivity index is 1.31. The highest BCUT2D eigenvalue weighted by atomic mass is 35.5. The Morgan fingerprint density at radius 2 is 1.74 bits per heavy atom. The molecule has 7 nitrogen and oxygen atoms in total. The van der Waals surface area contributed by atoms with E-state index in [0.29, 0.717) is 22.5 Å². The number of amides is 3. The molecule has 8 atom stereocenters. The fourth-order valence-corrected chi connectivity index (χ4v) is 7.89. The van der Waals surface area contributed by atoms with Crippen LogP contribution in [0.2, 0.25) is 5.02 Å². The van der Waals surface area contributed by atoms with Crippen LogP contribution in [0, 0.1) is 23.7 Å². The van der Waals surface area contributed by atoms with Gasteiger partial charge in [0.1, 0.15) is 11.6 Å². The second kappa shape index (κ2) is 9.98. The first-order chi connectivity index (χ1) is 18.3. The zero-order valence-electron chi connectivity index (χ0n) is 22.2. The molecular formula is C30H38ClN3O4. The minimum Gasteiger partial charge on any atom is -0.359 e. The minimum atomic E-state index is -1.12. The summed E-state index contributed by atoms with van der Waals surface area (Å²) in [6.45, 7) is 4.46. The fourth-order valence-electron chi connectivity index (χ4n) is 7.77. The zero-order valence-corrected chi connectivity index (χ0v) is 23.0. The highest BCUT2D eigenvalue weighted by molar-refractivity contribution is 6.30. The van der Waals surface area contributed by atoms with E-state index in [1.54, 1.807) is 24.3 Å². The van der Waals surface area contributed by atoms with Crippen LogP contribution >= 0.6 is 11.6 Å². The van der Waals surface area contributed by atoms with Crippen molar-refractivity contribution in [2.24, 2.45) is 23.7 Å². The second-order valence-electron chi connectivity index (χ2n) is 12.1. The number of ether oxygens (including phenoxy) is 1. The van der Waals surface area contributed by atoms with Gasteiger partial charge in [-0.3, -0.25) is 14.4 Å². The number of rotatable bonds is 5. The molecule has 2 N–H and O–H groups in total. The third-order valence-electron chi connectivity index (χ3n) is 9.98. The normalized spacial score (nSPS) is 38.3. The Bertz CT molecular complexity index is 1130. The Labute approximate surface area is 229 Å². The van der Waals surface area contributed by atoms with E-state index in [9.17, 15) is 14.4 Å². The summed E-state index contributed by atoms with van der Waals surface area (Å²) in [6, 6.07) is 6.23. The molecule has 0 aromatic heterocycles. The molecule has 2 bridgehead atoms. The van der Waals surface area contributed by atoms with E-state index in [1.165, 1.54) is 6.42 Å². The average molecular weight is 540 g/mol. The van der Waals surface area contributed by atoms with Gasteiger partial charge in [0, 0.05) is 22.8 Å². The number of halogens is 1. The molecule has 6 rings (SSSR count). The molecule has 4 fully saturated rings. The molecule has 2 saturated carbocycles. The van der Waals surface area contributed by atoms with Crippen molar-refractivity contribution in [3.8, 4) is 0 Å². The molecule has 1 aromatic carbocycles. The van der Waals surface area contributed by atoms with Crippen molar-refractivity contribution in [2.75, 3.05) is 5.32 Å². The van der Waals surface area contributed by atoms with Crippen LogP contribution in [0.5, 0.6) is 0 Å². The van der Waals surface area contributed by atoms with Crippen molar-refractivity contribution in [2.45, 2.75) is 95.0 Å². The predicted octanol–water partition coefficient (Wildman–Crippen LogP) is 4.70. The maximum Gasteiger partial charge on any atom is 0.246 e. The topological polar surface area (TPSA) is 87.7 Å². The number of hydrogen-bond donors (Lipinski definition) is 2. The summed E-state index contributed by atoms with van der Waals surface area (Å²) >= 11 is 6.01. The lowest BCUT2D eigenvalue weighted by molar-refractivity contribution is -0.145. The highest BCUT2D eigenvalue weighted by Gasteiger charge is 2.73. The third kappa shape index (κ3) is 4.17. The van der Waals surface area contributed by atoms with Gasteiger partial charge in [0.25, 0.3) is 0 Å². The highest BCUT2D eigenvalue weighted by Crippen LogP contribution is 2.56. The Morgan fingerprint density at radius 3 is 2.47 bits per heavy atom. The molecule has 3 amide bonds. The van der Waals surface area contributed by atoms with Gasteiger partial charge < -0.3 is 20.3 Å². The Hall–Kier alpha value is -2.38. The van der Waals surface area contributed by atoms with E-state index in [0.717, 1.165) is 44.9 Å². The molecule has 2 aliphatic carbocycles. The third-order valence-corrected chi connectivity index (χ3v) is 10.2. The number of carbonyl (C=O) groups is 3. The van der Waals surface area contributed by atoms with Crippen LogP contribution in [0.4, 0.5) is 5.69 Å². The SMILES string of the molecule is C[C@@H]1[C@H](C)CCC[C@@H]1NC(=O)[C@@H]1N(C2CCCCC2)C(=O)[C@H]2[C@@H](C(=O)Nc3ccc(Cl)cc3)[C@H]3C=C[C@@]12O3. The molecule has 204 valence electrons. The second-order valence-corrected chi connectivity index (χ2v) is 12.6. The van der Waals surface area contributed by atoms with Crippen molar-refractivity contribution < 1.29 is 19.1 Å². The molecule has 5 aliphatic rings. The van der Waals surface area contributed by atoms with Gasteiger partial charge in [0.05, 0.1) is 17.9 Å². The number of benzene rings is 1. The van der Waals surface area contributed by atoms with E-state index >= 15 is 0 Å². The Kier molecular flexibility index (Phi) is 6.79. The molecule has 2 saturated heterocycles. The van der Waals surface area contributed by atoms with Crippen LogP contribution in [-0.4, -0.2) is 52.5 Å². The maximum atomic E-state index is 14.2. The smallest absolute Gasteiger partial charge is 0.246 e. The lowest BCUT2D eigenvalue weighted by Crippen LogP contribution is -2.59. The zero-order chi connectivity index (χ0) is 26.6. The van der Waals surface area contributed by atoms with Crippen molar-refractivity contribution in [1.29, 1.82) is 0 Å². The lowest BCUT2D eigenvalue weighted by atomic mass is 9.73. The van der Waals surface area contributed by atoms with Gasteiger partial charge in [-0.05, 0) is 55.4 Å². The van der Waals surface area contributed by atoms with E-state index in [-0.39, 0.29) is 29.8 Å². The summed E-state index contributed by atoms with van der Waals surface area (Å²) in [4.78, 5) is 43.8. The van der Waals surface area contributed by atoms with E-state index in [2.05, 4.69) is 24.5 Å². The number of fused-ring (bicyclic) bond motifs is 1. The minimum absolute atomic E-state index is 0.00861. The molecule has 38 heavy (non-hydrogen) atoms. The lowest BCUT2D eigenvalue weighted by Gasteiger charge is -2.40. The summed E-state index contributed by atoms with van der Waals surface area (Å²) in [6.07, 6.45) is 11.4. The van der Waals surface area contributed by atoms with Crippen LogP contribution in [0.3, 0.4) is 0 Å². The summed E-state index contributed by atoms with van der Waals surface area (Å²) in [5, 5.41) is 6.89. The van der Waals surface area contributed by atoms with Crippen molar-refractivity contribution >= 4 is 35.0 Å². The van der Waals surface area contributed by atoms with Crippen molar-refractivity contribution in [3.63, 3.8) is 0 Å². The number of nitrogens with zero attached hydrogens (tertiary/aromatic N) is 1. The van der Waals surface area contributed by atoms with Gasteiger partial charge in [-0.15, -0.1) is 0 Å². The van der Waals surface area contributed by atoms with Gasteiger partial charge >= 0.3 is 0 Å². The van der Waals surface area contributed by atoms with Crippen LogP contribution in [0.15, 0.2) is 36.4 Å². The van der Waals surface area contributed by atoms with E-state index < -0.39 is 29.6 Å². The van der Waals surface area contributed by atoms with E-state index in [1.807, 2.05) is 17.1 Å². The van der Waals surface area contributed by atoms with Crippen LogP contribution < -0.4 is 10.6 Å². The first-order valence-corrected chi connectivity index (χ1v) is 14.7. The van der Waals surface area contributed by atoms with Gasteiger partial charge in [-0.2, -0.15) is 0 Å². The standard InChI is InChI=1S/C30H38ClN3O4/c1-17-7-6-10-22(18(17)2)33-28(36)26-30-16-15-23(38-30)24(27(35)32-20-13-11-19(31)12-14-20)25(30)29(37)34(26)21-8-4-3-5-9-21/h11-18,21-26H,3-10H2,1-2H3,(H,32,35)(H,33,36)/t17-,18-,22+,23-,24+,25-,26+,30+/m1/s1. The van der Waals surface area contributed by atoms with Crippen LogP contribution in [0.25, 0.3) is 0 Å². The quantitative estimate of drug-likeness (QED) is 0.531. The molecular weight excluding hydrogens is 502 g/mol. The Morgan fingerprint density at radius 1 is 1.00 bits per heavy atom. The number of hydrogen-bond acceptors (Lipinski definition) is 4. The van der Waals surface area contributed by atoms with Crippen LogP contribution in [-0.2, 0) is 19.1 Å². The van der Waals surface area contributed by atoms with Gasteiger partial charge in [0.15, 0.2) is 0 Å². The number of nitrogens with one attached hydrogen (secondary N) is 2. The van der Waals surface area contributed by atoms with Crippen molar-refractivity contribution in [1.82, 2.24) is 10.2 Å². The predicted molar refractivity (Wildman–Crippen MR) is 145 cm³/mol.